The van der Waals surface area contributed by atoms with E-state index in [1.165, 1.54) is 0 Å². The Morgan fingerprint density at radius 1 is 0.765 bits per heavy atom. The molecule has 0 unspecified atom stereocenters. The van der Waals surface area contributed by atoms with E-state index in [-0.39, 0.29) is 29.7 Å². The molecule has 176 valence electrons. The molecule has 0 heterocycles. The van der Waals surface area contributed by atoms with Crippen LogP contribution in [-0.4, -0.2) is 36.9 Å². The Bertz CT molecular complexity index is 1170. The van der Waals surface area contributed by atoms with Crippen LogP contribution in [0.1, 0.15) is 46.4 Å². The minimum absolute atomic E-state index is 0.0525. The molecule has 0 radical (unpaired) electrons. The highest BCUT2D eigenvalue weighted by atomic mass is 16.5. The molecule has 1 saturated carbocycles. The molecule has 0 bridgehead atoms. The molecule has 4 rings (SSSR count). The van der Waals surface area contributed by atoms with Gasteiger partial charge in [-0.25, -0.2) is 0 Å². The van der Waals surface area contributed by atoms with Crippen molar-refractivity contribution in [3.63, 3.8) is 0 Å². The first-order valence-corrected chi connectivity index (χ1v) is 11.6. The van der Waals surface area contributed by atoms with Gasteiger partial charge in [0.25, 0.3) is 11.8 Å². The molecule has 1 aliphatic carbocycles. The van der Waals surface area contributed by atoms with E-state index in [0.29, 0.717) is 30.0 Å². The maximum Gasteiger partial charge on any atom is 0.251 e. The number of ether oxygens (including phenoxy) is 1. The van der Waals surface area contributed by atoms with E-state index in [1.807, 2.05) is 36.4 Å². The molecule has 1 aliphatic rings. The lowest BCUT2D eigenvalue weighted by molar-refractivity contribution is -0.123. The maximum absolute atomic E-state index is 12.4. The molecule has 0 aliphatic heterocycles. The van der Waals surface area contributed by atoms with E-state index in [0.717, 1.165) is 36.5 Å². The Kier molecular flexibility index (Phi) is 7.42. The van der Waals surface area contributed by atoms with Crippen molar-refractivity contribution >= 4 is 28.5 Å². The summed E-state index contributed by atoms with van der Waals surface area (Å²) in [5.74, 6) is 0.0203. The smallest absolute Gasteiger partial charge is 0.251 e. The van der Waals surface area contributed by atoms with Crippen molar-refractivity contribution in [2.75, 3.05) is 13.1 Å². The summed E-state index contributed by atoms with van der Waals surface area (Å²) in [5.41, 5.74) is 6.48. The summed E-state index contributed by atoms with van der Waals surface area (Å²) >= 11 is 0. The average Bonchev–Trinajstić information content (AvgIpc) is 2.87. The van der Waals surface area contributed by atoms with Gasteiger partial charge in [0.1, 0.15) is 5.75 Å². The van der Waals surface area contributed by atoms with Crippen molar-refractivity contribution in [3.8, 4) is 5.75 Å². The van der Waals surface area contributed by atoms with Crippen LogP contribution in [0.5, 0.6) is 5.75 Å². The number of benzene rings is 3. The summed E-state index contributed by atoms with van der Waals surface area (Å²) < 4.78 is 5.98. The number of fused-ring (bicyclic) bond motifs is 1. The minimum Gasteiger partial charge on any atom is -0.490 e. The second-order valence-corrected chi connectivity index (χ2v) is 8.59. The lowest BCUT2D eigenvalue weighted by Gasteiger charge is -2.27. The van der Waals surface area contributed by atoms with E-state index >= 15 is 0 Å². The summed E-state index contributed by atoms with van der Waals surface area (Å²) in [7, 11) is 0. The number of carbonyl (C=O) groups excluding carboxylic acids is 3. The summed E-state index contributed by atoms with van der Waals surface area (Å²) in [6, 6.07) is 20.4. The second kappa shape index (κ2) is 10.8. The first-order chi connectivity index (χ1) is 16.5. The number of rotatable bonds is 8. The van der Waals surface area contributed by atoms with E-state index < -0.39 is 0 Å². The molecule has 0 spiro atoms. The molecule has 3 aromatic rings. The number of amides is 3. The highest BCUT2D eigenvalue weighted by Crippen LogP contribution is 2.27. The zero-order chi connectivity index (χ0) is 23.9. The lowest BCUT2D eigenvalue weighted by Crippen LogP contribution is -2.34. The van der Waals surface area contributed by atoms with Gasteiger partial charge in [-0.15, -0.1) is 0 Å². The van der Waals surface area contributed by atoms with Crippen LogP contribution in [0.3, 0.4) is 0 Å². The molecular formula is C27H29N3O4. The fraction of sp³-hybridized carbons (Fsp3) is 0.296. The van der Waals surface area contributed by atoms with Crippen molar-refractivity contribution < 1.29 is 19.1 Å². The van der Waals surface area contributed by atoms with Gasteiger partial charge in [0.2, 0.25) is 5.91 Å². The van der Waals surface area contributed by atoms with E-state index in [4.69, 9.17) is 10.5 Å². The molecular weight excluding hydrogens is 430 g/mol. The monoisotopic (exact) mass is 459 g/mol. The van der Waals surface area contributed by atoms with Crippen molar-refractivity contribution in [1.29, 1.82) is 0 Å². The lowest BCUT2D eigenvalue weighted by atomic mass is 9.87. The second-order valence-electron chi connectivity index (χ2n) is 8.59. The molecule has 7 nitrogen and oxygen atoms in total. The Balaban J connectivity index is 1.19. The van der Waals surface area contributed by atoms with Crippen LogP contribution in [0.2, 0.25) is 0 Å². The van der Waals surface area contributed by atoms with Crippen LogP contribution in [0, 0.1) is 5.92 Å². The van der Waals surface area contributed by atoms with E-state index in [1.54, 1.807) is 30.3 Å². The highest BCUT2D eigenvalue weighted by molar-refractivity contribution is 5.98. The molecule has 1 fully saturated rings. The third kappa shape index (κ3) is 5.92. The number of hydrogen-bond acceptors (Lipinski definition) is 4. The van der Waals surface area contributed by atoms with Crippen molar-refractivity contribution in [2.24, 2.45) is 11.7 Å². The molecule has 0 saturated heterocycles. The predicted molar refractivity (Wildman–Crippen MR) is 131 cm³/mol. The molecule has 0 aromatic heterocycles. The molecule has 0 atom stereocenters. The van der Waals surface area contributed by atoms with Crippen LogP contribution < -0.4 is 21.1 Å². The fourth-order valence-corrected chi connectivity index (χ4v) is 4.23. The summed E-state index contributed by atoms with van der Waals surface area (Å²) in [4.78, 5) is 36.1. The maximum atomic E-state index is 12.4. The Hall–Kier alpha value is -3.87. The first kappa shape index (κ1) is 23.3. The zero-order valence-corrected chi connectivity index (χ0v) is 19.0. The van der Waals surface area contributed by atoms with Crippen LogP contribution in [0.15, 0.2) is 66.7 Å². The van der Waals surface area contributed by atoms with E-state index in [2.05, 4.69) is 10.6 Å². The average molecular weight is 460 g/mol. The van der Waals surface area contributed by atoms with Crippen LogP contribution in [0.4, 0.5) is 0 Å². The summed E-state index contributed by atoms with van der Waals surface area (Å²) in [6.45, 7) is 0.645. The molecule has 7 heteroatoms. The van der Waals surface area contributed by atoms with Gasteiger partial charge in [-0.3, -0.25) is 14.4 Å². The predicted octanol–water partition coefficient (Wildman–Crippen LogP) is 3.42. The Morgan fingerprint density at radius 3 is 2.00 bits per heavy atom. The number of primary amides is 1. The van der Waals surface area contributed by atoms with Gasteiger partial charge in [-0.2, -0.15) is 0 Å². The quantitative estimate of drug-likeness (QED) is 0.448. The van der Waals surface area contributed by atoms with Crippen molar-refractivity contribution in [1.82, 2.24) is 10.6 Å². The Morgan fingerprint density at radius 2 is 1.35 bits per heavy atom. The van der Waals surface area contributed by atoms with Crippen LogP contribution in [0.25, 0.3) is 10.8 Å². The third-order valence-corrected chi connectivity index (χ3v) is 6.20. The summed E-state index contributed by atoms with van der Waals surface area (Å²) in [5, 5.41) is 7.74. The topological polar surface area (TPSA) is 111 Å². The SMILES string of the molecule is NC(=O)C1CCC(Oc2ccc(C(=O)NCCNC(=O)c3ccc4ccccc4c3)cc2)CC1. The zero-order valence-electron chi connectivity index (χ0n) is 19.0. The van der Waals surface area contributed by atoms with Crippen LogP contribution >= 0.6 is 0 Å². The fourth-order valence-electron chi connectivity index (χ4n) is 4.23. The van der Waals surface area contributed by atoms with Crippen LogP contribution in [-0.2, 0) is 4.79 Å². The summed E-state index contributed by atoms with van der Waals surface area (Å²) in [6.07, 6.45) is 3.14. The van der Waals surface area contributed by atoms with Gasteiger partial charge in [0.05, 0.1) is 6.10 Å². The van der Waals surface area contributed by atoms with Gasteiger partial charge >= 0.3 is 0 Å². The van der Waals surface area contributed by atoms with Gasteiger partial charge in [-0.1, -0.05) is 30.3 Å². The standard InChI is InChI=1S/C27H29N3O4/c28-25(31)19-7-11-23(12-8-19)34-24-13-9-20(10-14-24)26(32)29-15-16-30-27(33)22-6-5-18-3-1-2-4-21(18)17-22/h1-6,9-10,13-14,17,19,23H,7-8,11-12,15-16H2,(H2,28,31)(H,29,32)(H,30,33). The largest absolute Gasteiger partial charge is 0.490 e. The van der Waals surface area contributed by atoms with Gasteiger partial charge in [0.15, 0.2) is 0 Å². The number of nitrogens with two attached hydrogens (primary N) is 1. The third-order valence-electron chi connectivity index (χ3n) is 6.20. The van der Waals surface area contributed by atoms with Crippen molar-refractivity contribution in [2.45, 2.75) is 31.8 Å². The van der Waals surface area contributed by atoms with Gasteiger partial charge in [-0.05, 0) is 72.9 Å². The molecule has 3 amide bonds. The molecule has 34 heavy (non-hydrogen) atoms. The highest BCUT2D eigenvalue weighted by Gasteiger charge is 2.25. The van der Waals surface area contributed by atoms with Gasteiger partial charge in [0, 0.05) is 30.1 Å². The normalized spacial score (nSPS) is 17.6. The number of carbonyl (C=O) groups is 3. The number of nitrogens with one attached hydrogen (secondary N) is 2. The molecule has 4 N–H and O–H groups in total. The van der Waals surface area contributed by atoms with Gasteiger partial charge < -0.3 is 21.1 Å². The minimum atomic E-state index is -0.234. The number of hydrogen-bond donors (Lipinski definition) is 3. The van der Waals surface area contributed by atoms with Crippen molar-refractivity contribution in [3.05, 3.63) is 77.9 Å². The first-order valence-electron chi connectivity index (χ1n) is 11.6. The molecule has 3 aromatic carbocycles. The Labute approximate surface area is 198 Å². The van der Waals surface area contributed by atoms with E-state index in [9.17, 15) is 14.4 Å².